The van der Waals surface area contributed by atoms with E-state index in [1.165, 1.54) is 11.1 Å². The molecule has 0 heterocycles. The minimum Gasteiger partial charge on any atom is -0.120 e. The van der Waals surface area contributed by atoms with Crippen LogP contribution < -0.4 is 0 Å². The van der Waals surface area contributed by atoms with Crippen LogP contribution in [0.3, 0.4) is 0 Å². The first-order chi connectivity index (χ1) is 6.63. The lowest BCUT2D eigenvalue weighted by molar-refractivity contribution is 0.310. The number of hydrogen-bond acceptors (Lipinski definition) is 0. The maximum Gasteiger partial charge on any atom is 0.0290 e. The maximum atomic E-state index is 5.57. The van der Waals surface area contributed by atoms with E-state index in [1.54, 1.807) is 0 Å². The number of fused-ring (bicyclic) bond motifs is 1. The smallest absolute Gasteiger partial charge is 0.0290 e. The van der Waals surface area contributed by atoms with Gasteiger partial charge in [-0.1, -0.05) is 24.3 Å². The van der Waals surface area contributed by atoms with E-state index in [-0.39, 0.29) is 5.41 Å². The van der Waals surface area contributed by atoms with E-state index in [9.17, 15) is 0 Å². The maximum absolute atomic E-state index is 5.57. The summed E-state index contributed by atoms with van der Waals surface area (Å²) in [6.07, 6.45) is 7.86. The number of terminal acetylenes is 1. The van der Waals surface area contributed by atoms with Crippen molar-refractivity contribution in [3.8, 4) is 12.3 Å². The van der Waals surface area contributed by atoms with Crippen molar-refractivity contribution in [2.24, 2.45) is 11.3 Å². The lowest BCUT2D eigenvalue weighted by Crippen LogP contribution is -2.22. The van der Waals surface area contributed by atoms with Crippen molar-refractivity contribution in [1.82, 2.24) is 0 Å². The van der Waals surface area contributed by atoms with Crippen LogP contribution in [0, 0.1) is 23.7 Å². The molecule has 0 radical (unpaired) electrons. The molecule has 0 N–H and O–H groups in total. The van der Waals surface area contributed by atoms with E-state index in [2.05, 4.69) is 44.0 Å². The molecule has 0 saturated heterocycles. The zero-order chi connectivity index (χ0) is 10.2. The molecule has 0 aromatic heterocycles. The topological polar surface area (TPSA) is 0 Å². The molecule has 2 rings (SSSR count). The second-order valence-corrected chi connectivity index (χ2v) is 4.74. The molecule has 0 nitrogen and oxygen atoms in total. The summed E-state index contributed by atoms with van der Waals surface area (Å²) in [6, 6.07) is 8.68. The molecule has 0 atom stereocenters. The minimum absolute atomic E-state index is 0.0268. The van der Waals surface area contributed by atoms with Crippen molar-refractivity contribution in [1.29, 1.82) is 0 Å². The van der Waals surface area contributed by atoms with E-state index in [0.717, 1.165) is 12.8 Å². The molecule has 1 aromatic rings. The van der Waals surface area contributed by atoms with E-state index < -0.39 is 0 Å². The Balaban J connectivity index is 2.25. The SMILES string of the molecule is C#CC(C)(C)C1Cc2ccccc2C1. The number of benzene rings is 1. The molecule has 1 aliphatic carbocycles. The van der Waals surface area contributed by atoms with Gasteiger partial charge in [0.1, 0.15) is 0 Å². The van der Waals surface area contributed by atoms with Crippen LogP contribution in [0.1, 0.15) is 25.0 Å². The predicted octanol–water partition coefficient (Wildman–Crippen LogP) is 3.06. The summed E-state index contributed by atoms with van der Waals surface area (Å²) in [4.78, 5) is 0. The normalized spacial score (nSPS) is 16.4. The second-order valence-electron chi connectivity index (χ2n) is 4.74. The van der Waals surface area contributed by atoms with Crippen molar-refractivity contribution in [3.05, 3.63) is 35.4 Å². The average molecular weight is 184 g/mol. The van der Waals surface area contributed by atoms with E-state index in [0.29, 0.717) is 5.92 Å². The zero-order valence-corrected chi connectivity index (χ0v) is 8.88. The van der Waals surface area contributed by atoms with Gasteiger partial charge in [-0.15, -0.1) is 12.3 Å². The summed E-state index contributed by atoms with van der Waals surface area (Å²) >= 11 is 0. The second kappa shape index (κ2) is 3.17. The van der Waals surface area contributed by atoms with Gasteiger partial charge < -0.3 is 0 Å². The van der Waals surface area contributed by atoms with Gasteiger partial charge in [0.2, 0.25) is 0 Å². The lowest BCUT2D eigenvalue weighted by Gasteiger charge is -2.25. The van der Waals surface area contributed by atoms with Crippen LogP contribution in [0.4, 0.5) is 0 Å². The monoisotopic (exact) mass is 184 g/mol. The fourth-order valence-electron chi connectivity index (χ4n) is 2.19. The number of hydrogen-bond donors (Lipinski definition) is 0. The fraction of sp³-hybridized carbons (Fsp3) is 0.429. The van der Waals surface area contributed by atoms with Crippen molar-refractivity contribution in [2.45, 2.75) is 26.7 Å². The van der Waals surface area contributed by atoms with Gasteiger partial charge in [-0.2, -0.15) is 0 Å². The van der Waals surface area contributed by atoms with E-state index in [4.69, 9.17) is 6.42 Å². The Morgan fingerprint density at radius 3 is 2.14 bits per heavy atom. The summed E-state index contributed by atoms with van der Waals surface area (Å²) in [7, 11) is 0. The van der Waals surface area contributed by atoms with Gasteiger partial charge >= 0.3 is 0 Å². The Hall–Kier alpha value is -1.22. The molecule has 0 fully saturated rings. The minimum atomic E-state index is 0.0268. The van der Waals surface area contributed by atoms with Crippen LogP contribution in [0.5, 0.6) is 0 Å². The van der Waals surface area contributed by atoms with Crippen molar-refractivity contribution in [2.75, 3.05) is 0 Å². The first kappa shape index (κ1) is 9.34. The molecule has 0 heteroatoms. The molecule has 0 spiro atoms. The molecular weight excluding hydrogens is 168 g/mol. The van der Waals surface area contributed by atoms with Crippen LogP contribution in [0.2, 0.25) is 0 Å². The van der Waals surface area contributed by atoms with Gasteiger partial charge in [0, 0.05) is 5.41 Å². The van der Waals surface area contributed by atoms with Crippen LogP contribution in [0.25, 0.3) is 0 Å². The highest BCUT2D eigenvalue weighted by Gasteiger charge is 2.32. The van der Waals surface area contributed by atoms with E-state index in [1.807, 2.05) is 0 Å². The van der Waals surface area contributed by atoms with Crippen LogP contribution in [-0.2, 0) is 12.8 Å². The third-order valence-electron chi connectivity index (χ3n) is 3.44. The molecule has 72 valence electrons. The summed E-state index contributed by atoms with van der Waals surface area (Å²) in [5, 5.41) is 0. The van der Waals surface area contributed by atoms with Crippen molar-refractivity contribution >= 4 is 0 Å². The zero-order valence-electron chi connectivity index (χ0n) is 8.88. The Morgan fingerprint density at radius 2 is 1.71 bits per heavy atom. The fourth-order valence-corrected chi connectivity index (χ4v) is 2.19. The molecular formula is C14H16. The first-order valence-corrected chi connectivity index (χ1v) is 5.18. The van der Waals surface area contributed by atoms with Gasteiger partial charge in [-0.3, -0.25) is 0 Å². The average Bonchev–Trinajstić information content (AvgIpc) is 2.61. The third kappa shape index (κ3) is 1.44. The molecule has 0 aliphatic heterocycles. The largest absolute Gasteiger partial charge is 0.120 e. The summed E-state index contributed by atoms with van der Waals surface area (Å²) in [6.45, 7) is 4.34. The van der Waals surface area contributed by atoms with E-state index >= 15 is 0 Å². The third-order valence-corrected chi connectivity index (χ3v) is 3.44. The van der Waals surface area contributed by atoms with Crippen molar-refractivity contribution < 1.29 is 0 Å². The Kier molecular flexibility index (Phi) is 2.11. The van der Waals surface area contributed by atoms with Gasteiger partial charge in [-0.25, -0.2) is 0 Å². The molecule has 1 aromatic carbocycles. The van der Waals surface area contributed by atoms with Gasteiger partial charge in [0.15, 0.2) is 0 Å². The predicted molar refractivity (Wildman–Crippen MR) is 60.0 cm³/mol. The molecule has 0 saturated carbocycles. The van der Waals surface area contributed by atoms with Gasteiger partial charge in [-0.05, 0) is 43.7 Å². The van der Waals surface area contributed by atoms with Crippen LogP contribution in [-0.4, -0.2) is 0 Å². The molecule has 0 unspecified atom stereocenters. The first-order valence-electron chi connectivity index (χ1n) is 5.18. The molecule has 0 amide bonds. The summed E-state index contributed by atoms with van der Waals surface area (Å²) in [5.74, 6) is 3.53. The molecule has 1 aliphatic rings. The van der Waals surface area contributed by atoms with Crippen LogP contribution >= 0.6 is 0 Å². The Bertz CT molecular complexity index is 354. The molecule has 0 bridgehead atoms. The summed E-state index contributed by atoms with van der Waals surface area (Å²) in [5.41, 5.74) is 3.00. The van der Waals surface area contributed by atoms with Gasteiger partial charge in [0.25, 0.3) is 0 Å². The van der Waals surface area contributed by atoms with Crippen molar-refractivity contribution in [3.63, 3.8) is 0 Å². The highest BCUT2D eigenvalue weighted by molar-refractivity contribution is 5.33. The molecule has 14 heavy (non-hydrogen) atoms. The highest BCUT2D eigenvalue weighted by Crippen LogP contribution is 2.37. The van der Waals surface area contributed by atoms with Crippen LogP contribution in [0.15, 0.2) is 24.3 Å². The Morgan fingerprint density at radius 1 is 1.21 bits per heavy atom. The van der Waals surface area contributed by atoms with Gasteiger partial charge in [0.05, 0.1) is 0 Å². The highest BCUT2D eigenvalue weighted by atomic mass is 14.4. The Labute approximate surface area is 86.3 Å². The standard InChI is InChI=1S/C14H16/c1-4-14(2,3)13-9-11-7-5-6-8-12(11)10-13/h1,5-8,13H,9-10H2,2-3H3. The number of rotatable bonds is 1. The quantitative estimate of drug-likeness (QED) is 0.588. The summed E-state index contributed by atoms with van der Waals surface area (Å²) < 4.78 is 0. The lowest BCUT2D eigenvalue weighted by atomic mass is 9.78.